The second-order valence-corrected chi connectivity index (χ2v) is 6.84. The Balaban J connectivity index is 1.60. The summed E-state index contributed by atoms with van der Waals surface area (Å²) >= 11 is 0. The van der Waals surface area contributed by atoms with Crippen molar-refractivity contribution in [1.29, 1.82) is 0 Å². The predicted molar refractivity (Wildman–Crippen MR) is 86.5 cm³/mol. The average molecular weight is 315 g/mol. The van der Waals surface area contributed by atoms with Gasteiger partial charge in [-0.15, -0.1) is 0 Å². The molecule has 1 aliphatic rings. The zero-order valence-electron chi connectivity index (χ0n) is 13.6. The Kier molecular flexibility index (Phi) is 4.20. The summed E-state index contributed by atoms with van der Waals surface area (Å²) in [5.41, 5.74) is 0.572. The second-order valence-electron chi connectivity index (χ2n) is 6.84. The molecule has 0 radical (unpaired) electrons. The largest absolute Gasteiger partial charge is 0.355 e. The summed E-state index contributed by atoms with van der Waals surface area (Å²) in [6, 6.07) is 6.56. The van der Waals surface area contributed by atoms with Gasteiger partial charge in [-0.25, -0.2) is 9.37 Å². The number of hydrogen-bond donors (Lipinski definition) is 1. The van der Waals surface area contributed by atoms with Crippen LogP contribution in [0.3, 0.4) is 0 Å². The van der Waals surface area contributed by atoms with E-state index in [1.165, 1.54) is 12.1 Å². The molecule has 1 aromatic heterocycles. The van der Waals surface area contributed by atoms with Crippen LogP contribution in [-0.2, 0) is 23.2 Å². The fraction of sp³-hybridized carbons (Fsp3) is 0.444. The van der Waals surface area contributed by atoms with Crippen LogP contribution in [0.1, 0.15) is 31.7 Å². The molecule has 2 aromatic rings. The normalized spacial score (nSPS) is 17.6. The number of benzene rings is 1. The van der Waals surface area contributed by atoms with Gasteiger partial charge < -0.3 is 9.88 Å². The fourth-order valence-corrected chi connectivity index (χ4v) is 3.04. The molecule has 0 saturated heterocycles. The second kappa shape index (κ2) is 6.14. The van der Waals surface area contributed by atoms with Crippen molar-refractivity contribution in [3.8, 4) is 0 Å². The minimum Gasteiger partial charge on any atom is -0.355 e. The van der Waals surface area contributed by atoms with Crippen LogP contribution < -0.4 is 5.32 Å². The van der Waals surface area contributed by atoms with E-state index in [1.807, 2.05) is 26.1 Å². The van der Waals surface area contributed by atoms with Crippen LogP contribution in [-0.4, -0.2) is 22.0 Å². The Morgan fingerprint density at radius 1 is 1.48 bits per heavy atom. The molecule has 1 N–H and O–H groups in total. The maximum atomic E-state index is 13.4. The molecule has 0 aliphatic carbocycles. The monoisotopic (exact) mass is 315 g/mol. The Morgan fingerprint density at radius 2 is 2.30 bits per heavy atom. The molecule has 1 unspecified atom stereocenters. The molecule has 0 spiro atoms. The van der Waals surface area contributed by atoms with Crippen molar-refractivity contribution in [2.45, 2.75) is 38.6 Å². The van der Waals surface area contributed by atoms with Crippen LogP contribution in [0.4, 0.5) is 4.39 Å². The highest BCUT2D eigenvalue weighted by molar-refractivity contribution is 5.79. The first-order valence-corrected chi connectivity index (χ1v) is 7.99. The molecule has 1 amide bonds. The number of nitrogens with one attached hydrogen (secondary N) is 1. The molecule has 3 rings (SSSR count). The van der Waals surface area contributed by atoms with Crippen LogP contribution >= 0.6 is 0 Å². The highest BCUT2D eigenvalue weighted by Gasteiger charge is 2.27. The predicted octanol–water partition coefficient (Wildman–Crippen LogP) is 2.68. The van der Waals surface area contributed by atoms with Crippen LogP contribution in [0.2, 0.25) is 0 Å². The molecular formula is C18H22FN3O. The number of fused-ring (bicyclic) bond motifs is 1. The average Bonchev–Trinajstić information content (AvgIpc) is 3.00. The highest BCUT2D eigenvalue weighted by Crippen LogP contribution is 2.24. The van der Waals surface area contributed by atoms with Crippen molar-refractivity contribution >= 4 is 5.91 Å². The Morgan fingerprint density at radius 3 is 3.09 bits per heavy atom. The lowest BCUT2D eigenvalue weighted by Gasteiger charge is -2.28. The molecule has 23 heavy (non-hydrogen) atoms. The number of hydrogen-bond acceptors (Lipinski definition) is 2. The summed E-state index contributed by atoms with van der Waals surface area (Å²) in [7, 11) is 0. The molecular weight excluding hydrogens is 293 g/mol. The van der Waals surface area contributed by atoms with Crippen LogP contribution in [0.15, 0.2) is 36.7 Å². The minimum absolute atomic E-state index is 0.0341. The number of aromatic nitrogens is 2. The van der Waals surface area contributed by atoms with E-state index >= 15 is 0 Å². The number of carbonyl (C=O) groups is 1. The smallest absolute Gasteiger partial charge is 0.223 e. The molecule has 0 bridgehead atoms. The van der Waals surface area contributed by atoms with E-state index in [0.29, 0.717) is 13.0 Å². The van der Waals surface area contributed by atoms with Gasteiger partial charge in [-0.1, -0.05) is 26.0 Å². The van der Waals surface area contributed by atoms with Crippen LogP contribution in [0.25, 0.3) is 0 Å². The summed E-state index contributed by atoms with van der Waals surface area (Å²) in [6.07, 6.45) is 5.24. The topological polar surface area (TPSA) is 46.9 Å². The number of imidazole rings is 1. The Hall–Kier alpha value is -2.17. The van der Waals surface area contributed by atoms with Crippen molar-refractivity contribution < 1.29 is 9.18 Å². The quantitative estimate of drug-likeness (QED) is 0.943. The molecule has 0 saturated carbocycles. The molecule has 122 valence electrons. The maximum absolute atomic E-state index is 13.4. The van der Waals surface area contributed by atoms with E-state index in [0.717, 1.165) is 24.4 Å². The van der Waals surface area contributed by atoms with E-state index in [1.54, 1.807) is 12.3 Å². The van der Waals surface area contributed by atoms with Crippen molar-refractivity contribution in [1.82, 2.24) is 14.9 Å². The summed E-state index contributed by atoms with van der Waals surface area (Å²) in [5, 5.41) is 3.04. The summed E-state index contributed by atoms with van der Waals surface area (Å²) in [4.78, 5) is 16.7. The van der Waals surface area contributed by atoms with Crippen LogP contribution in [0, 0.1) is 11.7 Å². The molecule has 1 atom stereocenters. The molecule has 1 aliphatic heterocycles. The standard InChI is InChI=1S/C18H22FN3O/c1-18(2,14-4-3-5-15(19)11-14)12-21-17(23)13-6-8-22-9-7-20-16(22)10-13/h3-5,7,9,11,13H,6,8,10,12H2,1-2H3,(H,21,23). The number of aryl methyl sites for hydroxylation is 1. The van der Waals surface area contributed by atoms with Gasteiger partial charge in [-0.3, -0.25) is 4.79 Å². The Bertz CT molecular complexity index is 708. The van der Waals surface area contributed by atoms with Crippen molar-refractivity contribution in [3.63, 3.8) is 0 Å². The first-order valence-electron chi connectivity index (χ1n) is 7.99. The fourth-order valence-electron chi connectivity index (χ4n) is 3.04. The number of carbonyl (C=O) groups excluding carboxylic acids is 1. The van der Waals surface area contributed by atoms with Crippen molar-refractivity contribution in [2.75, 3.05) is 6.54 Å². The molecule has 0 fully saturated rings. The minimum atomic E-state index is -0.315. The third-order valence-corrected chi connectivity index (χ3v) is 4.63. The lowest BCUT2D eigenvalue weighted by atomic mass is 9.84. The van der Waals surface area contributed by atoms with Gasteiger partial charge in [0.15, 0.2) is 0 Å². The first kappa shape index (κ1) is 15.7. The zero-order chi connectivity index (χ0) is 16.4. The van der Waals surface area contributed by atoms with E-state index in [2.05, 4.69) is 14.9 Å². The van der Waals surface area contributed by atoms with Gasteiger partial charge >= 0.3 is 0 Å². The highest BCUT2D eigenvalue weighted by atomic mass is 19.1. The number of halogens is 1. The summed E-state index contributed by atoms with van der Waals surface area (Å²) < 4.78 is 15.5. The van der Waals surface area contributed by atoms with Crippen molar-refractivity contribution in [3.05, 3.63) is 53.9 Å². The lowest BCUT2D eigenvalue weighted by Crippen LogP contribution is -2.41. The maximum Gasteiger partial charge on any atom is 0.223 e. The van der Waals surface area contributed by atoms with Crippen LogP contribution in [0.5, 0.6) is 0 Å². The number of amides is 1. The third-order valence-electron chi connectivity index (χ3n) is 4.63. The van der Waals surface area contributed by atoms with Gasteiger partial charge in [0.1, 0.15) is 11.6 Å². The van der Waals surface area contributed by atoms with Gasteiger partial charge in [0.25, 0.3) is 0 Å². The summed E-state index contributed by atoms with van der Waals surface area (Å²) in [6.45, 7) is 5.34. The molecule has 2 heterocycles. The molecule has 1 aromatic carbocycles. The van der Waals surface area contributed by atoms with Gasteiger partial charge in [0, 0.05) is 43.2 Å². The molecule has 4 nitrogen and oxygen atoms in total. The third kappa shape index (κ3) is 3.44. The number of nitrogens with zero attached hydrogens (tertiary/aromatic N) is 2. The first-order chi connectivity index (χ1) is 11.0. The van der Waals surface area contributed by atoms with E-state index in [4.69, 9.17) is 0 Å². The van der Waals surface area contributed by atoms with E-state index < -0.39 is 0 Å². The van der Waals surface area contributed by atoms with Gasteiger partial charge in [-0.2, -0.15) is 0 Å². The van der Waals surface area contributed by atoms with Crippen molar-refractivity contribution in [2.24, 2.45) is 5.92 Å². The van der Waals surface area contributed by atoms with Gasteiger partial charge in [0.05, 0.1) is 0 Å². The zero-order valence-corrected chi connectivity index (χ0v) is 13.6. The number of rotatable bonds is 4. The summed E-state index contributed by atoms with van der Waals surface area (Å²) in [5.74, 6) is 0.749. The lowest BCUT2D eigenvalue weighted by molar-refractivity contribution is -0.125. The van der Waals surface area contributed by atoms with Gasteiger partial charge in [0.2, 0.25) is 5.91 Å². The van der Waals surface area contributed by atoms with E-state index in [9.17, 15) is 9.18 Å². The van der Waals surface area contributed by atoms with E-state index in [-0.39, 0.29) is 23.1 Å². The molecule has 5 heteroatoms. The van der Waals surface area contributed by atoms with Gasteiger partial charge in [-0.05, 0) is 24.1 Å². The SMILES string of the molecule is CC(C)(CNC(=O)C1CCn2ccnc2C1)c1cccc(F)c1. The Labute approximate surface area is 135 Å².